The van der Waals surface area contributed by atoms with E-state index in [2.05, 4.69) is 31.5 Å². The molecule has 0 saturated carbocycles. The van der Waals surface area contributed by atoms with Crippen LogP contribution in [0, 0.1) is 0 Å². The Morgan fingerprint density at radius 1 is 1.38 bits per heavy atom. The minimum Gasteiger partial charge on any atom is -0.490 e. The molecule has 0 bridgehead atoms. The van der Waals surface area contributed by atoms with Crippen LogP contribution in [0.3, 0.4) is 0 Å². The average Bonchev–Trinajstić information content (AvgIpc) is 2.55. The van der Waals surface area contributed by atoms with Crippen molar-refractivity contribution in [1.82, 2.24) is 15.6 Å². The second-order valence-corrected chi connectivity index (χ2v) is 6.57. The summed E-state index contributed by atoms with van der Waals surface area (Å²) < 4.78 is 6.35. The number of pyridine rings is 1. The van der Waals surface area contributed by atoms with Crippen LogP contribution in [0.5, 0.6) is 5.75 Å². The van der Waals surface area contributed by atoms with Gasteiger partial charge in [-0.05, 0) is 71.8 Å². The number of nitrogens with one attached hydrogen (secondary N) is 2. The Morgan fingerprint density at radius 2 is 2.17 bits per heavy atom. The number of thiocarbonyl (C=S) groups is 1. The Hall–Kier alpha value is -1.99. The lowest BCUT2D eigenvalue weighted by Crippen LogP contribution is -2.38. The highest BCUT2D eigenvalue weighted by molar-refractivity contribution is 9.10. The highest BCUT2D eigenvalue weighted by atomic mass is 79.9. The molecule has 0 fully saturated rings. The molecule has 2 N–H and O–H groups in total. The number of hydrogen-bond donors (Lipinski definition) is 2. The summed E-state index contributed by atoms with van der Waals surface area (Å²) in [6.45, 7) is 4.39. The third-order valence-corrected chi connectivity index (χ3v) is 3.83. The van der Waals surface area contributed by atoms with Crippen LogP contribution in [0.25, 0.3) is 0 Å². The molecular weight excluding hydrogens is 390 g/mol. The lowest BCUT2D eigenvalue weighted by Gasteiger charge is -2.13. The minimum atomic E-state index is -0.282. The number of hydrogen-bond acceptors (Lipinski definition) is 4. The summed E-state index contributed by atoms with van der Waals surface area (Å²) in [6, 6.07) is 8.93. The van der Waals surface area contributed by atoms with Gasteiger partial charge in [-0.2, -0.15) is 0 Å². The molecule has 0 unspecified atom stereocenters. The number of carbonyl (C=O) groups excluding carboxylic acids is 1. The van der Waals surface area contributed by atoms with Gasteiger partial charge in [0.1, 0.15) is 5.75 Å². The van der Waals surface area contributed by atoms with Crippen molar-refractivity contribution in [2.75, 3.05) is 0 Å². The summed E-state index contributed by atoms with van der Waals surface area (Å²) in [6.07, 6.45) is 3.50. The fourth-order valence-electron chi connectivity index (χ4n) is 1.90. The van der Waals surface area contributed by atoms with E-state index >= 15 is 0 Å². The zero-order chi connectivity index (χ0) is 17.5. The molecule has 0 atom stereocenters. The molecule has 0 aliphatic carbocycles. The normalized spacial score (nSPS) is 10.3. The van der Waals surface area contributed by atoms with Crippen LogP contribution in [0.4, 0.5) is 0 Å². The summed E-state index contributed by atoms with van der Waals surface area (Å²) in [5, 5.41) is 5.89. The SMILES string of the molecule is CC(C)Oc1ccc(C(=O)NC(=S)NCc2cccnc2)cc1Br. The first-order valence-corrected chi connectivity index (χ1v) is 8.60. The molecule has 126 valence electrons. The van der Waals surface area contributed by atoms with Gasteiger partial charge in [-0.15, -0.1) is 0 Å². The molecule has 24 heavy (non-hydrogen) atoms. The number of benzene rings is 1. The molecule has 2 aromatic rings. The Morgan fingerprint density at radius 3 is 2.79 bits per heavy atom. The molecule has 1 heterocycles. The van der Waals surface area contributed by atoms with Crippen molar-refractivity contribution in [1.29, 1.82) is 0 Å². The Balaban J connectivity index is 1.91. The second kappa shape index (κ2) is 8.75. The summed E-state index contributed by atoms with van der Waals surface area (Å²) >= 11 is 8.56. The van der Waals surface area contributed by atoms with Gasteiger partial charge < -0.3 is 10.1 Å². The number of ether oxygens (including phenoxy) is 1. The highest BCUT2D eigenvalue weighted by Gasteiger charge is 2.11. The summed E-state index contributed by atoms with van der Waals surface area (Å²) in [4.78, 5) is 16.3. The molecule has 1 aromatic carbocycles. The summed E-state index contributed by atoms with van der Waals surface area (Å²) in [7, 11) is 0. The van der Waals surface area contributed by atoms with E-state index in [4.69, 9.17) is 17.0 Å². The first kappa shape index (κ1) is 18.4. The van der Waals surface area contributed by atoms with Crippen molar-refractivity contribution in [3.05, 3.63) is 58.3 Å². The summed E-state index contributed by atoms with van der Waals surface area (Å²) in [5.74, 6) is 0.411. The smallest absolute Gasteiger partial charge is 0.257 e. The lowest BCUT2D eigenvalue weighted by molar-refractivity contribution is 0.0976. The molecule has 0 radical (unpaired) electrons. The molecule has 2 rings (SSSR count). The van der Waals surface area contributed by atoms with Crippen molar-refractivity contribution in [2.45, 2.75) is 26.5 Å². The van der Waals surface area contributed by atoms with E-state index in [1.807, 2.05) is 26.0 Å². The van der Waals surface area contributed by atoms with Gasteiger partial charge in [-0.25, -0.2) is 0 Å². The van der Waals surface area contributed by atoms with Crippen molar-refractivity contribution in [2.24, 2.45) is 0 Å². The third-order valence-electron chi connectivity index (χ3n) is 2.96. The quantitative estimate of drug-likeness (QED) is 0.743. The number of amides is 1. The van der Waals surface area contributed by atoms with E-state index in [1.165, 1.54) is 0 Å². The van der Waals surface area contributed by atoms with E-state index in [0.29, 0.717) is 17.9 Å². The van der Waals surface area contributed by atoms with Gasteiger partial charge in [0, 0.05) is 24.5 Å². The largest absolute Gasteiger partial charge is 0.490 e. The number of carbonyl (C=O) groups is 1. The van der Waals surface area contributed by atoms with Crippen molar-refractivity contribution < 1.29 is 9.53 Å². The maximum Gasteiger partial charge on any atom is 0.257 e. The zero-order valence-electron chi connectivity index (χ0n) is 13.4. The fourth-order valence-corrected chi connectivity index (χ4v) is 2.53. The van der Waals surface area contributed by atoms with Crippen molar-refractivity contribution in [3.8, 4) is 5.75 Å². The molecule has 0 saturated heterocycles. The number of rotatable bonds is 5. The van der Waals surface area contributed by atoms with E-state index in [9.17, 15) is 4.79 Å². The van der Waals surface area contributed by atoms with Crippen LogP contribution in [0.1, 0.15) is 29.8 Å². The van der Waals surface area contributed by atoms with Crippen LogP contribution in [-0.2, 0) is 6.54 Å². The Bertz CT molecular complexity index is 723. The van der Waals surface area contributed by atoms with Gasteiger partial charge >= 0.3 is 0 Å². The predicted octanol–water partition coefficient (Wildman–Crippen LogP) is 3.44. The average molecular weight is 408 g/mol. The van der Waals surface area contributed by atoms with E-state index < -0.39 is 0 Å². The number of nitrogens with zero attached hydrogens (tertiary/aromatic N) is 1. The van der Waals surface area contributed by atoms with Gasteiger partial charge in [0.05, 0.1) is 10.6 Å². The van der Waals surface area contributed by atoms with Crippen molar-refractivity contribution >= 4 is 39.2 Å². The van der Waals surface area contributed by atoms with E-state index in [-0.39, 0.29) is 17.1 Å². The van der Waals surface area contributed by atoms with Crippen LogP contribution >= 0.6 is 28.1 Å². The van der Waals surface area contributed by atoms with E-state index in [0.717, 1.165) is 10.0 Å². The monoisotopic (exact) mass is 407 g/mol. The van der Waals surface area contributed by atoms with Crippen LogP contribution < -0.4 is 15.4 Å². The second-order valence-electron chi connectivity index (χ2n) is 5.31. The topological polar surface area (TPSA) is 63.2 Å². The number of aromatic nitrogens is 1. The minimum absolute atomic E-state index is 0.0604. The molecular formula is C17H18BrN3O2S. The molecule has 5 nitrogen and oxygen atoms in total. The predicted molar refractivity (Wildman–Crippen MR) is 101 cm³/mol. The van der Waals surface area contributed by atoms with Crippen molar-refractivity contribution in [3.63, 3.8) is 0 Å². The maximum absolute atomic E-state index is 12.2. The van der Waals surface area contributed by atoms with E-state index in [1.54, 1.807) is 30.6 Å². The Labute approximate surface area is 154 Å². The molecule has 1 amide bonds. The molecule has 0 aliphatic rings. The van der Waals surface area contributed by atoms with Gasteiger partial charge in [0.15, 0.2) is 5.11 Å². The Kier molecular flexibility index (Phi) is 6.69. The van der Waals surface area contributed by atoms with Gasteiger partial charge in [0.25, 0.3) is 5.91 Å². The zero-order valence-corrected chi connectivity index (χ0v) is 15.8. The van der Waals surface area contributed by atoms with Crippen LogP contribution in [0.2, 0.25) is 0 Å². The van der Waals surface area contributed by atoms with Crippen LogP contribution in [0.15, 0.2) is 47.2 Å². The highest BCUT2D eigenvalue weighted by Crippen LogP contribution is 2.26. The third kappa shape index (κ3) is 5.58. The molecule has 7 heteroatoms. The molecule has 0 aliphatic heterocycles. The number of halogens is 1. The first-order valence-electron chi connectivity index (χ1n) is 7.40. The van der Waals surface area contributed by atoms with Gasteiger partial charge in [-0.1, -0.05) is 6.07 Å². The van der Waals surface area contributed by atoms with Crippen LogP contribution in [-0.4, -0.2) is 22.1 Å². The molecule has 0 spiro atoms. The van der Waals surface area contributed by atoms with Gasteiger partial charge in [0.2, 0.25) is 0 Å². The maximum atomic E-state index is 12.2. The standard InChI is InChI=1S/C17H18BrN3O2S/c1-11(2)23-15-6-5-13(8-14(15)18)16(22)21-17(24)20-10-12-4-3-7-19-9-12/h3-9,11H,10H2,1-2H3,(H2,20,21,22,24). The summed E-state index contributed by atoms with van der Waals surface area (Å²) in [5.41, 5.74) is 1.47. The first-order chi connectivity index (χ1) is 11.5. The lowest BCUT2D eigenvalue weighted by atomic mass is 10.2. The fraction of sp³-hybridized carbons (Fsp3) is 0.235. The molecule has 1 aromatic heterocycles. The van der Waals surface area contributed by atoms with Gasteiger partial charge in [-0.3, -0.25) is 15.1 Å².